The Labute approximate surface area is 111 Å². The van der Waals surface area contributed by atoms with Crippen molar-refractivity contribution in [3.63, 3.8) is 0 Å². The number of methoxy groups -OCH3 is 1. The molecule has 1 aromatic carbocycles. The minimum Gasteiger partial charge on any atom is -0.507 e. The summed E-state index contributed by atoms with van der Waals surface area (Å²) in [6.07, 6.45) is 0.935. The van der Waals surface area contributed by atoms with Crippen LogP contribution in [0.15, 0.2) is 22.7 Å². The minimum atomic E-state index is 0.0315. The van der Waals surface area contributed by atoms with Crippen LogP contribution < -0.4 is 4.74 Å². The fourth-order valence-corrected chi connectivity index (χ4v) is 1.55. The third-order valence-electron chi connectivity index (χ3n) is 2.48. The Kier molecular flexibility index (Phi) is 4.35. The second-order valence-electron chi connectivity index (χ2n) is 3.95. The molecule has 6 nitrogen and oxygen atoms in total. The van der Waals surface area contributed by atoms with Crippen LogP contribution in [0.3, 0.4) is 0 Å². The first-order chi connectivity index (χ1) is 9.24. The van der Waals surface area contributed by atoms with Crippen molar-refractivity contribution in [3.8, 4) is 23.0 Å². The number of phenols is 1. The summed E-state index contributed by atoms with van der Waals surface area (Å²) in [5, 5.41) is 13.7. The normalized spacial score (nSPS) is 10.6. The Morgan fingerprint density at radius 2 is 2.21 bits per heavy atom. The molecule has 102 valence electrons. The van der Waals surface area contributed by atoms with E-state index in [-0.39, 0.29) is 11.6 Å². The van der Waals surface area contributed by atoms with Crippen molar-refractivity contribution in [1.82, 2.24) is 10.1 Å². The Balaban J connectivity index is 2.13. The number of hydrogen-bond donors (Lipinski definition) is 1. The van der Waals surface area contributed by atoms with Crippen molar-refractivity contribution >= 4 is 0 Å². The maximum absolute atomic E-state index is 9.86. The predicted octanol–water partition coefficient (Wildman–Crippen LogP) is 2.38. The fraction of sp³-hybridized carbons (Fsp3) is 0.385. The molecule has 0 saturated heterocycles. The van der Waals surface area contributed by atoms with Gasteiger partial charge in [0.05, 0.1) is 12.7 Å². The highest BCUT2D eigenvalue weighted by molar-refractivity contribution is 5.63. The molecule has 0 saturated carbocycles. The molecular weight excluding hydrogens is 248 g/mol. The first-order valence-corrected chi connectivity index (χ1v) is 6.02. The van der Waals surface area contributed by atoms with Gasteiger partial charge in [-0.2, -0.15) is 4.98 Å². The topological polar surface area (TPSA) is 77.6 Å². The van der Waals surface area contributed by atoms with E-state index >= 15 is 0 Å². The van der Waals surface area contributed by atoms with Crippen LogP contribution in [-0.4, -0.2) is 29.0 Å². The van der Waals surface area contributed by atoms with E-state index < -0.39 is 0 Å². The average molecular weight is 264 g/mol. The van der Waals surface area contributed by atoms with Gasteiger partial charge in [-0.1, -0.05) is 12.1 Å². The SMILES string of the molecule is CCCOCc1noc(-c2ccc(OC)cc2O)n1. The summed E-state index contributed by atoms with van der Waals surface area (Å²) in [6, 6.07) is 4.87. The molecule has 0 bridgehead atoms. The van der Waals surface area contributed by atoms with Gasteiger partial charge < -0.3 is 19.1 Å². The zero-order valence-electron chi connectivity index (χ0n) is 10.9. The molecule has 2 aromatic rings. The van der Waals surface area contributed by atoms with Gasteiger partial charge in [0.2, 0.25) is 0 Å². The van der Waals surface area contributed by atoms with E-state index in [2.05, 4.69) is 10.1 Å². The fourth-order valence-electron chi connectivity index (χ4n) is 1.55. The van der Waals surface area contributed by atoms with Crippen LogP contribution in [0.25, 0.3) is 11.5 Å². The summed E-state index contributed by atoms with van der Waals surface area (Å²) < 4.78 is 15.4. The van der Waals surface area contributed by atoms with Crippen LogP contribution in [0.2, 0.25) is 0 Å². The molecule has 1 heterocycles. The summed E-state index contributed by atoms with van der Waals surface area (Å²) in [7, 11) is 1.53. The van der Waals surface area contributed by atoms with Crippen LogP contribution in [0.1, 0.15) is 19.2 Å². The highest BCUT2D eigenvalue weighted by atomic mass is 16.5. The monoisotopic (exact) mass is 264 g/mol. The van der Waals surface area contributed by atoms with Crippen LogP contribution >= 0.6 is 0 Å². The molecular formula is C13H16N2O4. The van der Waals surface area contributed by atoms with Crippen molar-refractivity contribution in [2.45, 2.75) is 20.0 Å². The molecule has 0 unspecified atom stereocenters. The third kappa shape index (κ3) is 3.23. The van der Waals surface area contributed by atoms with Gasteiger partial charge in [0.1, 0.15) is 18.1 Å². The van der Waals surface area contributed by atoms with Gasteiger partial charge in [-0.3, -0.25) is 0 Å². The van der Waals surface area contributed by atoms with Crippen LogP contribution in [0.5, 0.6) is 11.5 Å². The standard InChI is InChI=1S/C13H16N2O4/c1-3-6-18-8-12-14-13(19-15-12)10-5-4-9(17-2)7-11(10)16/h4-5,7,16H,3,6,8H2,1-2H3. The molecule has 0 amide bonds. The molecule has 1 N–H and O–H groups in total. The third-order valence-corrected chi connectivity index (χ3v) is 2.48. The molecule has 2 rings (SSSR count). The quantitative estimate of drug-likeness (QED) is 0.807. The Bertz CT molecular complexity index is 539. The molecule has 6 heteroatoms. The van der Waals surface area contributed by atoms with Gasteiger partial charge in [-0.05, 0) is 18.6 Å². The molecule has 0 aliphatic carbocycles. The van der Waals surface area contributed by atoms with Gasteiger partial charge in [-0.15, -0.1) is 0 Å². The van der Waals surface area contributed by atoms with Crippen molar-refractivity contribution in [2.75, 3.05) is 13.7 Å². The summed E-state index contributed by atoms with van der Waals surface area (Å²) >= 11 is 0. The first kappa shape index (κ1) is 13.4. The largest absolute Gasteiger partial charge is 0.507 e. The minimum absolute atomic E-state index is 0.0315. The number of aromatic hydroxyl groups is 1. The second kappa shape index (κ2) is 6.19. The molecule has 0 spiro atoms. The van der Waals surface area contributed by atoms with E-state index in [0.29, 0.717) is 30.4 Å². The van der Waals surface area contributed by atoms with E-state index in [4.69, 9.17) is 14.0 Å². The number of nitrogens with zero attached hydrogens (tertiary/aromatic N) is 2. The molecule has 0 fully saturated rings. The van der Waals surface area contributed by atoms with Gasteiger partial charge in [-0.25, -0.2) is 0 Å². The summed E-state index contributed by atoms with van der Waals surface area (Å²) in [5.74, 6) is 1.31. The molecule has 0 radical (unpaired) electrons. The Morgan fingerprint density at radius 1 is 1.37 bits per heavy atom. The van der Waals surface area contributed by atoms with Crippen LogP contribution in [0.4, 0.5) is 0 Å². The van der Waals surface area contributed by atoms with E-state index in [9.17, 15) is 5.11 Å². The smallest absolute Gasteiger partial charge is 0.261 e. The van der Waals surface area contributed by atoms with Crippen molar-refractivity contribution in [1.29, 1.82) is 0 Å². The van der Waals surface area contributed by atoms with E-state index in [1.165, 1.54) is 13.2 Å². The predicted molar refractivity (Wildman–Crippen MR) is 67.9 cm³/mol. The Hall–Kier alpha value is -2.08. The lowest BCUT2D eigenvalue weighted by Gasteiger charge is -2.02. The highest BCUT2D eigenvalue weighted by Crippen LogP contribution is 2.31. The highest BCUT2D eigenvalue weighted by Gasteiger charge is 2.13. The van der Waals surface area contributed by atoms with Crippen LogP contribution in [0, 0.1) is 0 Å². The van der Waals surface area contributed by atoms with Crippen molar-refractivity contribution in [3.05, 3.63) is 24.0 Å². The lowest BCUT2D eigenvalue weighted by atomic mass is 10.2. The zero-order chi connectivity index (χ0) is 13.7. The molecule has 0 aliphatic heterocycles. The zero-order valence-corrected chi connectivity index (χ0v) is 10.9. The van der Waals surface area contributed by atoms with Crippen molar-refractivity contribution < 1.29 is 19.1 Å². The summed E-state index contributed by atoms with van der Waals surface area (Å²) in [6.45, 7) is 2.98. The van der Waals surface area contributed by atoms with Gasteiger partial charge in [0.25, 0.3) is 5.89 Å². The maximum atomic E-state index is 9.86. The Morgan fingerprint density at radius 3 is 2.89 bits per heavy atom. The van der Waals surface area contributed by atoms with Gasteiger partial charge in [0, 0.05) is 12.7 Å². The number of phenolic OH excluding ortho intramolecular Hbond substituents is 1. The maximum Gasteiger partial charge on any atom is 0.261 e. The average Bonchev–Trinajstić information content (AvgIpc) is 2.87. The molecule has 0 aliphatic rings. The molecule has 1 aromatic heterocycles. The lowest BCUT2D eigenvalue weighted by molar-refractivity contribution is 0.114. The van der Waals surface area contributed by atoms with Gasteiger partial charge >= 0.3 is 0 Å². The summed E-state index contributed by atoms with van der Waals surface area (Å²) in [4.78, 5) is 4.17. The lowest BCUT2D eigenvalue weighted by Crippen LogP contribution is -1.95. The molecule has 0 atom stereocenters. The van der Waals surface area contributed by atoms with Crippen molar-refractivity contribution in [2.24, 2.45) is 0 Å². The van der Waals surface area contributed by atoms with E-state index in [1.807, 2.05) is 6.92 Å². The second-order valence-corrected chi connectivity index (χ2v) is 3.95. The number of rotatable bonds is 6. The van der Waals surface area contributed by atoms with E-state index in [0.717, 1.165) is 6.42 Å². The summed E-state index contributed by atoms with van der Waals surface area (Å²) in [5.41, 5.74) is 0.468. The molecule has 19 heavy (non-hydrogen) atoms. The number of aromatic nitrogens is 2. The number of hydrogen-bond acceptors (Lipinski definition) is 6. The number of ether oxygens (including phenoxy) is 2. The van der Waals surface area contributed by atoms with Crippen LogP contribution in [-0.2, 0) is 11.3 Å². The number of benzene rings is 1. The first-order valence-electron chi connectivity index (χ1n) is 6.02. The van der Waals surface area contributed by atoms with E-state index in [1.54, 1.807) is 12.1 Å². The van der Waals surface area contributed by atoms with Gasteiger partial charge in [0.15, 0.2) is 5.82 Å².